The maximum absolute atomic E-state index is 12.9. The van der Waals surface area contributed by atoms with Crippen LogP contribution < -0.4 is 10.1 Å². The van der Waals surface area contributed by atoms with Crippen LogP contribution in [0.1, 0.15) is 30.4 Å². The molecule has 0 amide bonds. The van der Waals surface area contributed by atoms with E-state index < -0.39 is 29.9 Å². The highest BCUT2D eigenvalue weighted by atomic mass is 35.5. The highest BCUT2D eigenvalue weighted by molar-refractivity contribution is 6.33. The van der Waals surface area contributed by atoms with Gasteiger partial charge in [-0.25, -0.2) is 23.7 Å². The van der Waals surface area contributed by atoms with Crippen molar-refractivity contribution in [1.29, 1.82) is 0 Å². The number of nitrogens with zero attached hydrogens (tertiary/aromatic N) is 3. The van der Waals surface area contributed by atoms with Gasteiger partial charge < -0.3 is 10.1 Å². The number of nitrogens with one attached hydrogen (secondary N) is 1. The van der Waals surface area contributed by atoms with E-state index in [1.165, 1.54) is 6.92 Å². The third-order valence-corrected chi connectivity index (χ3v) is 3.50. The summed E-state index contributed by atoms with van der Waals surface area (Å²) in [7, 11) is 0. The van der Waals surface area contributed by atoms with Gasteiger partial charge in [0.2, 0.25) is 5.88 Å². The normalized spacial score (nSPS) is 13.0. The summed E-state index contributed by atoms with van der Waals surface area (Å²) in [6.07, 6.45) is -6.68. The van der Waals surface area contributed by atoms with Crippen LogP contribution in [0, 0.1) is 6.92 Å². The van der Waals surface area contributed by atoms with E-state index in [1.807, 2.05) is 0 Å². The molecule has 11 heteroatoms. The van der Waals surface area contributed by atoms with Gasteiger partial charge in [0.15, 0.2) is 0 Å². The molecule has 1 atom stereocenters. The van der Waals surface area contributed by atoms with Gasteiger partial charge in [0, 0.05) is 12.3 Å². The lowest BCUT2D eigenvalue weighted by Crippen LogP contribution is -2.25. The van der Waals surface area contributed by atoms with Crippen molar-refractivity contribution in [3.05, 3.63) is 40.4 Å². The van der Waals surface area contributed by atoms with E-state index in [-0.39, 0.29) is 29.2 Å². The van der Waals surface area contributed by atoms with Gasteiger partial charge in [-0.05, 0) is 19.9 Å². The third-order valence-electron chi connectivity index (χ3n) is 3.12. The van der Waals surface area contributed by atoms with Gasteiger partial charge in [0.25, 0.3) is 6.43 Å². The minimum absolute atomic E-state index is 0.00937. The largest absolute Gasteiger partial charge is 0.475 e. The van der Waals surface area contributed by atoms with Gasteiger partial charge in [-0.3, -0.25) is 0 Å². The van der Waals surface area contributed by atoms with Gasteiger partial charge in [-0.2, -0.15) is 13.2 Å². The van der Waals surface area contributed by atoms with Crippen molar-refractivity contribution < 1.29 is 26.7 Å². The topological polar surface area (TPSA) is 59.9 Å². The van der Waals surface area contributed by atoms with Crippen LogP contribution >= 0.6 is 11.6 Å². The average molecular weight is 397 g/mol. The molecular weight excluding hydrogens is 383 g/mol. The van der Waals surface area contributed by atoms with Crippen molar-refractivity contribution in [2.45, 2.75) is 32.5 Å². The Labute approximate surface area is 150 Å². The molecule has 0 spiro atoms. The Bertz CT molecular complexity index is 755. The van der Waals surface area contributed by atoms with E-state index in [2.05, 4.69) is 20.3 Å². The number of alkyl halides is 5. The molecule has 2 aromatic heterocycles. The molecule has 2 heterocycles. The number of anilines is 1. The monoisotopic (exact) mass is 396 g/mol. The number of aromatic nitrogens is 3. The fourth-order valence-corrected chi connectivity index (χ4v) is 2.16. The standard InChI is InChI=1S/C15H14ClF5N4O/c1-7(6-26-10-4-3-9(5-22-10)15(19,20)21)23-14-11(16)12(13(17)18)24-8(2)25-14/h3-5,7,13H,6H2,1-2H3,(H,23,24,25)/t7-/m0/s1. The van der Waals surface area contributed by atoms with E-state index in [0.29, 0.717) is 6.20 Å². The lowest BCUT2D eigenvalue weighted by molar-refractivity contribution is -0.137. The number of hydrogen-bond donors (Lipinski definition) is 1. The second kappa shape index (κ2) is 7.98. The summed E-state index contributed by atoms with van der Waals surface area (Å²) in [5, 5.41) is 2.50. The number of aryl methyl sites for hydroxylation is 1. The molecule has 0 fully saturated rings. The van der Waals surface area contributed by atoms with Crippen LogP contribution in [0.3, 0.4) is 0 Å². The Morgan fingerprint density at radius 1 is 1.23 bits per heavy atom. The van der Waals surface area contributed by atoms with Crippen LogP contribution in [0.25, 0.3) is 0 Å². The molecule has 0 aliphatic carbocycles. The van der Waals surface area contributed by atoms with Crippen molar-refractivity contribution >= 4 is 17.4 Å². The van der Waals surface area contributed by atoms with Gasteiger partial charge in [-0.1, -0.05) is 11.6 Å². The maximum atomic E-state index is 12.9. The van der Waals surface area contributed by atoms with Crippen LogP contribution in [0.4, 0.5) is 27.8 Å². The summed E-state index contributed by atoms with van der Waals surface area (Å²) in [6, 6.07) is 1.49. The molecule has 5 nitrogen and oxygen atoms in total. The SMILES string of the molecule is Cc1nc(N[C@@H](C)COc2ccc(C(F)(F)F)cn2)c(Cl)c(C(F)F)n1. The lowest BCUT2D eigenvalue weighted by atomic mass is 10.3. The van der Waals surface area contributed by atoms with Crippen LogP contribution in [0.2, 0.25) is 5.02 Å². The predicted octanol–water partition coefficient (Wildman–Crippen LogP) is 4.67. The molecule has 0 unspecified atom stereocenters. The summed E-state index contributed by atoms with van der Waals surface area (Å²) >= 11 is 5.87. The molecule has 0 bridgehead atoms. The third kappa shape index (κ3) is 5.13. The zero-order valence-electron chi connectivity index (χ0n) is 13.6. The Balaban J connectivity index is 2.00. The lowest BCUT2D eigenvalue weighted by Gasteiger charge is -2.17. The Morgan fingerprint density at radius 2 is 1.92 bits per heavy atom. The van der Waals surface area contributed by atoms with E-state index in [1.54, 1.807) is 6.92 Å². The van der Waals surface area contributed by atoms with Crippen molar-refractivity contribution in [1.82, 2.24) is 15.0 Å². The van der Waals surface area contributed by atoms with Gasteiger partial charge >= 0.3 is 6.18 Å². The maximum Gasteiger partial charge on any atom is 0.417 e. The Kier molecular flexibility index (Phi) is 6.17. The summed E-state index contributed by atoms with van der Waals surface area (Å²) < 4.78 is 68.5. The zero-order valence-corrected chi connectivity index (χ0v) is 14.4. The summed E-state index contributed by atoms with van der Waals surface area (Å²) in [5.74, 6) is 0.126. The van der Waals surface area contributed by atoms with Crippen LogP contribution in [0.5, 0.6) is 5.88 Å². The first-order valence-corrected chi connectivity index (χ1v) is 7.70. The number of pyridine rings is 1. The summed E-state index contributed by atoms with van der Waals surface area (Å²) in [6.45, 7) is 3.09. The smallest absolute Gasteiger partial charge is 0.417 e. The highest BCUT2D eigenvalue weighted by Crippen LogP contribution is 2.31. The van der Waals surface area contributed by atoms with Crippen LogP contribution in [-0.4, -0.2) is 27.6 Å². The zero-order chi connectivity index (χ0) is 19.5. The van der Waals surface area contributed by atoms with Crippen LogP contribution in [0.15, 0.2) is 18.3 Å². The van der Waals surface area contributed by atoms with Gasteiger partial charge in [0.1, 0.15) is 29.0 Å². The first-order chi connectivity index (χ1) is 12.1. The molecule has 0 saturated heterocycles. The van der Waals surface area contributed by atoms with Crippen molar-refractivity contribution in [3.8, 4) is 5.88 Å². The Morgan fingerprint density at radius 3 is 2.46 bits per heavy atom. The molecule has 2 aromatic rings. The van der Waals surface area contributed by atoms with E-state index >= 15 is 0 Å². The van der Waals surface area contributed by atoms with Gasteiger partial charge in [0.05, 0.1) is 11.6 Å². The van der Waals surface area contributed by atoms with Crippen LogP contribution in [-0.2, 0) is 6.18 Å². The first-order valence-electron chi connectivity index (χ1n) is 7.32. The van der Waals surface area contributed by atoms with Crippen molar-refractivity contribution in [2.75, 3.05) is 11.9 Å². The molecule has 0 saturated carbocycles. The number of hydrogen-bond acceptors (Lipinski definition) is 5. The van der Waals surface area contributed by atoms with Crippen molar-refractivity contribution in [2.24, 2.45) is 0 Å². The van der Waals surface area contributed by atoms with E-state index in [0.717, 1.165) is 12.1 Å². The molecule has 2 rings (SSSR count). The second-order valence-corrected chi connectivity index (χ2v) is 5.74. The number of halogens is 6. The van der Waals surface area contributed by atoms with E-state index in [4.69, 9.17) is 16.3 Å². The Hall–Kier alpha value is -2.23. The number of rotatable bonds is 6. The van der Waals surface area contributed by atoms with E-state index in [9.17, 15) is 22.0 Å². The fraction of sp³-hybridized carbons (Fsp3) is 0.400. The minimum atomic E-state index is -4.48. The second-order valence-electron chi connectivity index (χ2n) is 5.36. The molecule has 26 heavy (non-hydrogen) atoms. The first kappa shape index (κ1) is 20.1. The quantitative estimate of drug-likeness (QED) is 0.719. The minimum Gasteiger partial charge on any atom is -0.475 e. The molecule has 1 N–H and O–H groups in total. The molecule has 0 aliphatic rings. The summed E-state index contributed by atoms with van der Waals surface area (Å²) in [5.41, 5.74) is -1.47. The average Bonchev–Trinajstić information content (AvgIpc) is 2.55. The van der Waals surface area contributed by atoms with Crippen molar-refractivity contribution in [3.63, 3.8) is 0 Å². The molecule has 0 radical (unpaired) electrons. The molecule has 0 aromatic carbocycles. The fourth-order valence-electron chi connectivity index (χ4n) is 1.94. The predicted molar refractivity (Wildman–Crippen MR) is 84.6 cm³/mol. The molecular formula is C15H14ClF5N4O. The summed E-state index contributed by atoms with van der Waals surface area (Å²) in [4.78, 5) is 11.1. The molecule has 142 valence electrons. The van der Waals surface area contributed by atoms with Gasteiger partial charge in [-0.15, -0.1) is 0 Å². The highest BCUT2D eigenvalue weighted by Gasteiger charge is 2.30. The number of ether oxygens (including phenoxy) is 1. The molecule has 0 aliphatic heterocycles.